The van der Waals surface area contributed by atoms with Crippen LogP contribution in [0.5, 0.6) is 11.5 Å². The summed E-state index contributed by atoms with van der Waals surface area (Å²) in [6.07, 6.45) is 0.748. The van der Waals surface area contributed by atoms with Crippen molar-refractivity contribution < 1.29 is 9.66 Å². The average Bonchev–Trinajstić information content (AvgIpc) is 2.48. The highest BCUT2D eigenvalue weighted by molar-refractivity contribution is 9.10. The number of hydrogen-bond donors (Lipinski definition) is 1. The van der Waals surface area contributed by atoms with Crippen LogP contribution in [0.25, 0.3) is 0 Å². The lowest BCUT2D eigenvalue weighted by Gasteiger charge is -2.16. The second-order valence-electron chi connectivity index (χ2n) is 4.50. The molecule has 0 spiro atoms. The average molecular weight is 351 g/mol. The second kappa shape index (κ2) is 6.69. The highest BCUT2D eigenvalue weighted by Gasteiger charge is 2.20. The number of hydrogen-bond acceptors (Lipinski definition) is 4. The molecule has 110 valence electrons. The Bertz CT molecular complexity index is 661. The zero-order valence-corrected chi connectivity index (χ0v) is 13.0. The van der Waals surface area contributed by atoms with E-state index >= 15 is 0 Å². The molecule has 0 aromatic heterocycles. The van der Waals surface area contributed by atoms with Crippen LogP contribution in [0.3, 0.4) is 0 Å². The van der Waals surface area contributed by atoms with Crippen LogP contribution < -0.4 is 10.5 Å². The standard InChI is InChI=1S/C15H15BrN2O3/c1-2-12(17)10-6-3-4-9-14(10)21-15-11(16)7-5-8-13(15)18(19)20/h3-9,12H,2,17H2,1H3. The van der Waals surface area contributed by atoms with Gasteiger partial charge in [-0.15, -0.1) is 0 Å². The van der Waals surface area contributed by atoms with Gasteiger partial charge in [-0.1, -0.05) is 31.2 Å². The summed E-state index contributed by atoms with van der Waals surface area (Å²) in [6.45, 7) is 1.97. The van der Waals surface area contributed by atoms with Gasteiger partial charge in [0.2, 0.25) is 5.75 Å². The van der Waals surface area contributed by atoms with Crippen LogP contribution >= 0.6 is 15.9 Å². The van der Waals surface area contributed by atoms with Crippen molar-refractivity contribution in [2.45, 2.75) is 19.4 Å². The maximum Gasteiger partial charge on any atom is 0.312 e. The van der Waals surface area contributed by atoms with Crippen molar-refractivity contribution in [1.29, 1.82) is 0 Å². The van der Waals surface area contributed by atoms with E-state index in [1.807, 2.05) is 25.1 Å². The summed E-state index contributed by atoms with van der Waals surface area (Å²) in [7, 11) is 0. The van der Waals surface area contributed by atoms with Crippen LogP contribution in [0.15, 0.2) is 46.9 Å². The normalized spacial score (nSPS) is 12.0. The predicted molar refractivity (Wildman–Crippen MR) is 84.5 cm³/mol. The Balaban J connectivity index is 2.46. The number of benzene rings is 2. The van der Waals surface area contributed by atoms with E-state index in [0.29, 0.717) is 10.2 Å². The Hall–Kier alpha value is -1.92. The molecule has 2 aromatic carbocycles. The van der Waals surface area contributed by atoms with Gasteiger partial charge in [-0.25, -0.2) is 0 Å². The van der Waals surface area contributed by atoms with Gasteiger partial charge < -0.3 is 10.5 Å². The lowest BCUT2D eigenvalue weighted by Crippen LogP contribution is -2.10. The third-order valence-electron chi connectivity index (χ3n) is 3.11. The quantitative estimate of drug-likeness (QED) is 0.633. The molecule has 0 radical (unpaired) electrons. The van der Waals surface area contributed by atoms with Crippen molar-refractivity contribution in [3.8, 4) is 11.5 Å². The molecule has 0 aliphatic carbocycles. The molecule has 0 saturated carbocycles. The van der Waals surface area contributed by atoms with E-state index in [2.05, 4.69) is 15.9 Å². The number of halogens is 1. The lowest BCUT2D eigenvalue weighted by molar-refractivity contribution is -0.385. The number of para-hydroxylation sites is 2. The Morgan fingerprint density at radius 1 is 1.29 bits per heavy atom. The minimum absolute atomic E-state index is 0.0933. The van der Waals surface area contributed by atoms with Gasteiger partial charge >= 0.3 is 5.69 Å². The van der Waals surface area contributed by atoms with Gasteiger partial charge in [0.15, 0.2) is 0 Å². The zero-order chi connectivity index (χ0) is 15.4. The lowest BCUT2D eigenvalue weighted by atomic mass is 10.0. The van der Waals surface area contributed by atoms with Gasteiger partial charge in [0.05, 0.1) is 9.40 Å². The van der Waals surface area contributed by atoms with Crippen molar-refractivity contribution >= 4 is 21.6 Å². The summed E-state index contributed by atoms with van der Waals surface area (Å²) in [4.78, 5) is 10.6. The maximum absolute atomic E-state index is 11.1. The first-order chi connectivity index (χ1) is 10.0. The summed E-state index contributed by atoms with van der Waals surface area (Å²) < 4.78 is 6.31. The molecule has 1 unspecified atom stereocenters. The highest BCUT2D eigenvalue weighted by atomic mass is 79.9. The third-order valence-corrected chi connectivity index (χ3v) is 3.74. The van der Waals surface area contributed by atoms with E-state index in [1.54, 1.807) is 18.2 Å². The number of ether oxygens (including phenoxy) is 1. The Morgan fingerprint density at radius 3 is 2.67 bits per heavy atom. The fraction of sp³-hybridized carbons (Fsp3) is 0.200. The molecule has 0 aliphatic heterocycles. The zero-order valence-electron chi connectivity index (χ0n) is 11.5. The van der Waals surface area contributed by atoms with E-state index in [1.165, 1.54) is 6.07 Å². The molecular formula is C15H15BrN2O3. The summed E-state index contributed by atoms with van der Waals surface area (Å²) in [5, 5.41) is 11.1. The SMILES string of the molecule is CCC(N)c1ccccc1Oc1c(Br)cccc1[N+](=O)[O-]. The van der Waals surface area contributed by atoms with E-state index in [4.69, 9.17) is 10.5 Å². The third kappa shape index (κ3) is 3.40. The summed E-state index contributed by atoms with van der Waals surface area (Å²) >= 11 is 3.29. The monoisotopic (exact) mass is 350 g/mol. The van der Waals surface area contributed by atoms with Crippen LogP contribution in [0, 0.1) is 10.1 Å². The molecule has 21 heavy (non-hydrogen) atoms. The van der Waals surface area contributed by atoms with Crippen LogP contribution in [-0.2, 0) is 0 Å². The molecule has 2 aromatic rings. The Labute approximate surface area is 131 Å². The molecule has 2 rings (SSSR count). The van der Waals surface area contributed by atoms with Gasteiger partial charge in [0, 0.05) is 17.7 Å². The highest BCUT2D eigenvalue weighted by Crippen LogP contribution is 2.39. The molecule has 0 aliphatic rings. The molecule has 0 bridgehead atoms. The van der Waals surface area contributed by atoms with Crippen LogP contribution in [0.2, 0.25) is 0 Å². The number of rotatable bonds is 5. The molecular weight excluding hydrogens is 336 g/mol. The first-order valence-corrected chi connectivity index (χ1v) is 7.29. The van der Waals surface area contributed by atoms with Crippen molar-refractivity contribution in [2.75, 3.05) is 0 Å². The molecule has 6 heteroatoms. The van der Waals surface area contributed by atoms with Crippen molar-refractivity contribution in [1.82, 2.24) is 0 Å². The van der Waals surface area contributed by atoms with Gasteiger partial charge in [-0.3, -0.25) is 10.1 Å². The van der Waals surface area contributed by atoms with E-state index < -0.39 is 4.92 Å². The Morgan fingerprint density at radius 2 is 2.00 bits per heavy atom. The maximum atomic E-state index is 11.1. The smallest absolute Gasteiger partial charge is 0.312 e. The minimum atomic E-state index is -0.470. The van der Waals surface area contributed by atoms with Crippen LogP contribution in [0.4, 0.5) is 5.69 Å². The van der Waals surface area contributed by atoms with E-state index in [0.717, 1.165) is 12.0 Å². The van der Waals surface area contributed by atoms with Crippen LogP contribution in [0.1, 0.15) is 24.9 Å². The molecule has 0 fully saturated rings. The first kappa shape index (κ1) is 15.5. The van der Waals surface area contributed by atoms with Gasteiger partial charge in [-0.05, 0) is 34.5 Å². The van der Waals surface area contributed by atoms with Crippen molar-refractivity contribution in [3.63, 3.8) is 0 Å². The molecule has 2 N–H and O–H groups in total. The largest absolute Gasteiger partial charge is 0.449 e. The number of nitro benzene ring substituents is 1. The molecule has 5 nitrogen and oxygen atoms in total. The number of nitrogens with two attached hydrogens (primary N) is 1. The Kier molecular flexibility index (Phi) is 4.93. The van der Waals surface area contributed by atoms with Crippen LogP contribution in [-0.4, -0.2) is 4.92 Å². The fourth-order valence-electron chi connectivity index (χ4n) is 1.95. The van der Waals surface area contributed by atoms with E-state index in [-0.39, 0.29) is 17.5 Å². The van der Waals surface area contributed by atoms with Gasteiger partial charge in [0.1, 0.15) is 5.75 Å². The van der Waals surface area contributed by atoms with E-state index in [9.17, 15) is 10.1 Å². The van der Waals surface area contributed by atoms with Crippen molar-refractivity contribution in [3.05, 3.63) is 62.6 Å². The second-order valence-corrected chi connectivity index (χ2v) is 5.35. The minimum Gasteiger partial charge on any atom is -0.449 e. The van der Waals surface area contributed by atoms with Gasteiger partial charge in [0.25, 0.3) is 0 Å². The predicted octanol–water partition coefficient (Wildman–Crippen LogP) is 4.56. The number of nitro groups is 1. The van der Waals surface area contributed by atoms with Crippen molar-refractivity contribution in [2.24, 2.45) is 5.73 Å². The topological polar surface area (TPSA) is 78.4 Å². The summed E-state index contributed by atoms with van der Waals surface area (Å²) in [6, 6.07) is 11.8. The molecule has 0 heterocycles. The summed E-state index contributed by atoms with van der Waals surface area (Å²) in [5.74, 6) is 0.708. The molecule has 0 saturated heterocycles. The molecule has 1 atom stereocenters. The first-order valence-electron chi connectivity index (χ1n) is 6.49. The van der Waals surface area contributed by atoms with Gasteiger partial charge in [-0.2, -0.15) is 0 Å². The number of nitrogens with zero attached hydrogens (tertiary/aromatic N) is 1. The molecule has 0 amide bonds. The summed E-state index contributed by atoms with van der Waals surface area (Å²) in [5.41, 5.74) is 6.79. The fourth-order valence-corrected chi connectivity index (χ4v) is 2.39.